The fourth-order valence-electron chi connectivity index (χ4n) is 8.53. The number of aliphatic hydroxyl groups is 1. The molecule has 22 nitrogen and oxygen atoms in total. The zero-order valence-electron chi connectivity index (χ0n) is 48.7. The van der Waals surface area contributed by atoms with Crippen LogP contribution in [0.1, 0.15) is 180 Å². The number of hydrogen-bond acceptors (Lipinski definition) is 13. The minimum absolute atomic E-state index is 0.00642. The fourth-order valence-corrected chi connectivity index (χ4v) is 8.79. The highest BCUT2D eigenvalue weighted by atomic mass is 32.1. The maximum Gasteiger partial charge on any atom is 0.246 e. The third-order valence-corrected chi connectivity index (χ3v) is 13.5. The molecule has 0 saturated carbocycles. The number of hydrogen-bond donors (Lipinski definition) is 12. The number of likely N-dealkylation sites (tertiary alicyclic amines) is 1. The summed E-state index contributed by atoms with van der Waals surface area (Å²) in [7, 11) is 0. The van der Waals surface area contributed by atoms with E-state index in [-0.39, 0.29) is 74.3 Å². The second kappa shape index (κ2) is 34.8. The van der Waals surface area contributed by atoms with Crippen LogP contribution in [0.5, 0.6) is 0 Å². The van der Waals surface area contributed by atoms with Gasteiger partial charge in [-0.15, -0.1) is 0 Å². The highest BCUT2D eigenvalue weighted by Gasteiger charge is 2.41. The molecule has 1 rings (SSSR count). The predicted molar refractivity (Wildman–Crippen MR) is 300 cm³/mol. The molecular formula is C54H99N11O11S. The first-order valence-corrected chi connectivity index (χ1v) is 28.6. The normalized spacial score (nSPS) is 15.8. The Kier molecular flexibility index (Phi) is 31.6. The fraction of sp³-hybridized carbons (Fsp3) is 0.815. The summed E-state index contributed by atoms with van der Waals surface area (Å²) in [4.78, 5) is 137. The predicted octanol–water partition coefficient (Wildman–Crippen LogP) is 1.77. The van der Waals surface area contributed by atoms with E-state index in [0.29, 0.717) is 51.7 Å². The van der Waals surface area contributed by atoms with Crippen molar-refractivity contribution in [3.63, 3.8) is 0 Å². The van der Waals surface area contributed by atoms with E-state index in [4.69, 9.17) is 5.11 Å². The second-order valence-electron chi connectivity index (χ2n) is 22.9. The van der Waals surface area contributed by atoms with Gasteiger partial charge in [0.2, 0.25) is 59.1 Å². The van der Waals surface area contributed by atoms with E-state index in [2.05, 4.69) is 72.7 Å². The van der Waals surface area contributed by atoms with E-state index in [1.54, 1.807) is 0 Å². The van der Waals surface area contributed by atoms with Crippen LogP contribution in [-0.4, -0.2) is 160 Å². The van der Waals surface area contributed by atoms with Gasteiger partial charge in [-0.3, -0.25) is 47.9 Å². The molecule has 0 aromatic carbocycles. The number of thiol groups is 1. The minimum Gasteiger partial charge on any atom is -0.395 e. The van der Waals surface area contributed by atoms with E-state index in [9.17, 15) is 47.9 Å². The quantitative estimate of drug-likeness (QED) is 0.0313. The van der Waals surface area contributed by atoms with Crippen molar-refractivity contribution in [3.8, 4) is 0 Å². The summed E-state index contributed by atoms with van der Waals surface area (Å²) in [6, 6.07) is -5.39. The van der Waals surface area contributed by atoms with Crippen molar-refractivity contribution in [1.29, 1.82) is 0 Å². The molecule has 0 spiro atoms. The lowest BCUT2D eigenvalue weighted by molar-refractivity contribution is -0.140. The Labute approximate surface area is 464 Å². The highest BCUT2D eigenvalue weighted by molar-refractivity contribution is 7.80. The molecule has 23 heteroatoms. The number of unbranched alkanes of at least 4 members (excludes halogenated alkanes) is 5. The van der Waals surface area contributed by atoms with Crippen LogP contribution in [0.25, 0.3) is 0 Å². The third kappa shape index (κ3) is 26.0. The van der Waals surface area contributed by atoms with Gasteiger partial charge < -0.3 is 63.2 Å². The van der Waals surface area contributed by atoms with Crippen molar-refractivity contribution < 1.29 is 53.1 Å². The average molecular weight is 1110 g/mol. The van der Waals surface area contributed by atoms with Gasteiger partial charge in [0.15, 0.2) is 0 Å². The van der Waals surface area contributed by atoms with Gasteiger partial charge in [-0.1, -0.05) is 80.1 Å². The molecule has 0 aromatic rings. The molecule has 1 heterocycles. The Morgan fingerprint density at radius 1 is 0.584 bits per heavy atom. The summed E-state index contributed by atoms with van der Waals surface area (Å²) >= 11 is 4.28. The van der Waals surface area contributed by atoms with Crippen LogP contribution in [0.3, 0.4) is 0 Å². The summed E-state index contributed by atoms with van der Waals surface area (Å²) in [5.41, 5.74) is -4.84. The largest absolute Gasteiger partial charge is 0.395 e. The number of aliphatic hydroxyl groups excluding tert-OH is 1. The molecule has 11 N–H and O–H groups in total. The summed E-state index contributed by atoms with van der Waals surface area (Å²) in [6.07, 6.45) is 7.96. The van der Waals surface area contributed by atoms with Crippen molar-refractivity contribution >= 4 is 71.7 Å². The molecule has 1 fully saturated rings. The van der Waals surface area contributed by atoms with E-state index < -0.39 is 94.1 Å². The van der Waals surface area contributed by atoms with Crippen LogP contribution in [0.4, 0.5) is 0 Å². The molecule has 1 aliphatic heterocycles. The van der Waals surface area contributed by atoms with Gasteiger partial charge in [0, 0.05) is 50.8 Å². The summed E-state index contributed by atoms with van der Waals surface area (Å²) in [5.74, 6) is -5.82. The first kappa shape index (κ1) is 70.0. The molecule has 0 aliphatic carbocycles. The van der Waals surface area contributed by atoms with Gasteiger partial charge in [0.05, 0.1) is 6.61 Å². The standard InChI is InChI=1S/C54H99N11O11S/c1-14-16-17-18-19-20-23-37(60-50(75)53(10,11)64-51(76)54(12,13)63-47(72)40(33-77)59-48(73)41-24-21-28-65(41)43(68)22-15-2)45(70)58-39(31-35(5)6)46(71)62-52(8,9)49(74)61-38(30-34(3)4)44(69)56-26-25-42(67)57-36(7)32-55-27-29-66/h34-41,55,66,77H,14-33H2,1-13H3,(H,56,69)(H,57,67)(H,58,70)(H,59,73)(H,60,75)(H,61,74)(H,62,71)(H,63,72)(H,64,76)/t36-,37-,38-,39-,40-,41-/m0/s1. The molecule has 1 aliphatic rings. The molecule has 0 radical (unpaired) electrons. The maximum atomic E-state index is 14.3. The van der Waals surface area contributed by atoms with Crippen LogP contribution >= 0.6 is 12.6 Å². The number of nitrogens with zero attached hydrogens (tertiary/aromatic N) is 1. The monoisotopic (exact) mass is 1110 g/mol. The summed E-state index contributed by atoms with van der Waals surface area (Å²) in [6.45, 7) is 23.3. The zero-order valence-corrected chi connectivity index (χ0v) is 49.6. The number of amides is 10. The summed E-state index contributed by atoms with van der Waals surface area (Å²) < 4.78 is 0. The zero-order chi connectivity index (χ0) is 58.7. The lowest BCUT2D eigenvalue weighted by Crippen LogP contribution is -2.66. The van der Waals surface area contributed by atoms with E-state index in [1.165, 1.54) is 46.4 Å². The van der Waals surface area contributed by atoms with Crippen LogP contribution in [-0.2, 0) is 47.9 Å². The van der Waals surface area contributed by atoms with Crippen LogP contribution in [0.2, 0.25) is 0 Å². The smallest absolute Gasteiger partial charge is 0.246 e. The Hall–Kier alpha value is -5.03. The Bertz CT molecular complexity index is 1950. The van der Waals surface area contributed by atoms with Crippen LogP contribution in [0, 0.1) is 11.8 Å². The summed E-state index contributed by atoms with van der Waals surface area (Å²) in [5, 5.41) is 36.7. The molecule has 0 bridgehead atoms. The molecular weight excluding hydrogens is 1010 g/mol. The maximum absolute atomic E-state index is 14.3. The van der Waals surface area contributed by atoms with Gasteiger partial charge in [-0.05, 0) is 98.8 Å². The SMILES string of the molecule is CCCCCCCC[C@H](NC(=O)C(C)(C)NC(=O)C(C)(C)NC(=O)[C@H](CS)NC(=O)[C@@H]1CCCN1C(=O)CCC)C(=O)N[C@@H](CC(C)C)C(=O)NC(C)(C)C(=O)N[C@@H](CC(C)C)C(=O)NCCC(=O)N[C@@H](C)CNCCO. The Morgan fingerprint density at radius 3 is 1.68 bits per heavy atom. The Balaban J connectivity index is 3.20. The topological polar surface area (TPSA) is 314 Å². The molecule has 1 saturated heterocycles. The molecule has 77 heavy (non-hydrogen) atoms. The van der Waals surface area contributed by atoms with Crippen LogP contribution < -0.4 is 53.2 Å². The third-order valence-electron chi connectivity index (χ3n) is 13.1. The van der Waals surface area contributed by atoms with Gasteiger partial charge in [-0.25, -0.2) is 0 Å². The molecule has 10 amide bonds. The van der Waals surface area contributed by atoms with Crippen molar-refractivity contribution in [2.24, 2.45) is 11.8 Å². The van der Waals surface area contributed by atoms with Crippen LogP contribution in [0.15, 0.2) is 0 Å². The lowest BCUT2D eigenvalue weighted by Gasteiger charge is -2.34. The van der Waals surface area contributed by atoms with E-state index >= 15 is 0 Å². The minimum atomic E-state index is -1.64. The van der Waals surface area contributed by atoms with Crippen molar-refractivity contribution in [1.82, 2.24) is 58.1 Å². The van der Waals surface area contributed by atoms with Crippen molar-refractivity contribution in [2.45, 2.75) is 233 Å². The number of nitrogens with one attached hydrogen (secondary N) is 10. The molecule has 0 unspecified atom stereocenters. The van der Waals surface area contributed by atoms with Gasteiger partial charge in [0.1, 0.15) is 46.8 Å². The van der Waals surface area contributed by atoms with Crippen molar-refractivity contribution in [2.75, 3.05) is 38.5 Å². The number of carbonyl (C=O) groups excluding carboxylic acids is 10. The van der Waals surface area contributed by atoms with Crippen molar-refractivity contribution in [3.05, 3.63) is 0 Å². The second-order valence-corrected chi connectivity index (χ2v) is 23.3. The lowest BCUT2D eigenvalue weighted by atomic mass is 9.96. The first-order chi connectivity index (χ1) is 36.0. The van der Waals surface area contributed by atoms with Gasteiger partial charge >= 0.3 is 0 Å². The molecule has 0 aromatic heterocycles. The average Bonchev–Trinajstić information content (AvgIpc) is 3.83. The van der Waals surface area contributed by atoms with Gasteiger partial charge in [0.25, 0.3) is 0 Å². The van der Waals surface area contributed by atoms with E-state index in [0.717, 1.165) is 32.1 Å². The number of carbonyl (C=O) groups is 10. The molecule has 6 atom stereocenters. The molecule has 442 valence electrons. The van der Waals surface area contributed by atoms with E-state index in [1.807, 2.05) is 41.5 Å². The first-order valence-electron chi connectivity index (χ1n) is 27.9. The Morgan fingerprint density at radius 2 is 1.12 bits per heavy atom. The highest BCUT2D eigenvalue weighted by Crippen LogP contribution is 2.20. The number of rotatable bonds is 37. The van der Waals surface area contributed by atoms with Gasteiger partial charge in [-0.2, -0.15) is 12.6 Å².